The van der Waals surface area contributed by atoms with Crippen molar-refractivity contribution in [3.63, 3.8) is 0 Å². The molecule has 1 aromatic rings. The maximum atomic E-state index is 11.0. The first kappa shape index (κ1) is 12.1. The van der Waals surface area contributed by atoms with Crippen molar-refractivity contribution < 1.29 is 19.1 Å². The zero-order chi connectivity index (χ0) is 13.2. The van der Waals surface area contributed by atoms with Gasteiger partial charge in [-0.3, -0.25) is 10.1 Å². The predicted octanol–water partition coefficient (Wildman–Crippen LogP) is 1.66. The monoisotopic (exact) mass is 263 g/mol. The van der Waals surface area contributed by atoms with Crippen LogP contribution in [0.1, 0.15) is 11.9 Å². The van der Waals surface area contributed by atoms with Gasteiger partial charge in [0.05, 0.1) is 12.9 Å². The molecule has 0 N–H and O–H groups in total. The van der Waals surface area contributed by atoms with Crippen LogP contribution in [0.4, 0.5) is 0 Å². The number of fused-ring (bicyclic) bond motifs is 1. The largest absolute Gasteiger partial charge is 0.493 e. The summed E-state index contributed by atoms with van der Waals surface area (Å²) in [6.45, 7) is 0.277. The van der Waals surface area contributed by atoms with Gasteiger partial charge in [0.1, 0.15) is 0 Å². The maximum absolute atomic E-state index is 11.0. The zero-order valence-electron chi connectivity index (χ0n) is 10.0. The van der Waals surface area contributed by atoms with E-state index in [4.69, 9.17) is 14.2 Å². The van der Waals surface area contributed by atoms with Gasteiger partial charge in [-0.2, -0.15) is 0 Å². The normalized spacial score (nSPS) is 33.3. The van der Waals surface area contributed by atoms with E-state index in [1.807, 2.05) is 30.3 Å². The maximum Gasteiger partial charge on any atom is 0.264 e. The Labute approximate surface area is 109 Å². The van der Waals surface area contributed by atoms with Crippen molar-refractivity contribution in [3.05, 3.63) is 58.3 Å². The van der Waals surface area contributed by atoms with Gasteiger partial charge in [0.15, 0.2) is 18.5 Å². The number of hydrogen-bond donors (Lipinski definition) is 0. The molecule has 0 aromatic heterocycles. The molecule has 19 heavy (non-hydrogen) atoms. The molecule has 3 rings (SSSR count). The molecule has 4 atom stereocenters. The summed E-state index contributed by atoms with van der Waals surface area (Å²) >= 11 is 0. The van der Waals surface area contributed by atoms with Gasteiger partial charge >= 0.3 is 0 Å². The van der Waals surface area contributed by atoms with E-state index in [1.165, 1.54) is 12.3 Å². The topological polar surface area (TPSA) is 70.8 Å². The highest BCUT2D eigenvalue weighted by Crippen LogP contribution is 2.31. The van der Waals surface area contributed by atoms with E-state index in [1.54, 1.807) is 0 Å². The van der Waals surface area contributed by atoms with Gasteiger partial charge in [-0.25, -0.2) is 0 Å². The minimum atomic E-state index is -0.895. The molecule has 0 saturated carbocycles. The second-order valence-corrected chi connectivity index (χ2v) is 4.46. The highest BCUT2D eigenvalue weighted by molar-refractivity contribution is 5.16. The first-order chi connectivity index (χ1) is 9.25. The van der Waals surface area contributed by atoms with Crippen molar-refractivity contribution in [2.24, 2.45) is 0 Å². The van der Waals surface area contributed by atoms with Gasteiger partial charge in [0.25, 0.3) is 6.04 Å². The lowest BCUT2D eigenvalue weighted by molar-refractivity contribution is -0.533. The molecule has 0 aliphatic carbocycles. The molecule has 2 aliphatic rings. The van der Waals surface area contributed by atoms with Crippen molar-refractivity contribution in [3.8, 4) is 0 Å². The summed E-state index contributed by atoms with van der Waals surface area (Å²) in [6, 6.07) is 8.47. The third-order valence-corrected chi connectivity index (χ3v) is 3.24. The molecule has 0 amide bonds. The number of nitrogens with zero attached hydrogens (tertiary/aromatic N) is 1. The Balaban J connectivity index is 1.80. The standard InChI is InChI=1S/C13H13NO5/c15-14(16)10-6-7-17-11-8-18-13(19-12(10)11)9-4-2-1-3-5-9/h1-7,10-13H,8H2/t10-,11+,12-,13+/m0/s1. The van der Waals surface area contributed by atoms with E-state index < -0.39 is 24.5 Å². The Hall–Kier alpha value is -1.92. The minimum Gasteiger partial charge on any atom is -0.493 e. The molecule has 6 nitrogen and oxygen atoms in total. The quantitative estimate of drug-likeness (QED) is 0.599. The molecule has 0 spiro atoms. The second kappa shape index (κ2) is 4.99. The second-order valence-electron chi connectivity index (χ2n) is 4.46. The van der Waals surface area contributed by atoms with Crippen LogP contribution >= 0.6 is 0 Å². The average Bonchev–Trinajstić information content (AvgIpc) is 2.47. The van der Waals surface area contributed by atoms with Gasteiger partial charge in [-0.05, 0) is 0 Å². The van der Waals surface area contributed by atoms with Gasteiger partial charge in [-0.1, -0.05) is 30.3 Å². The van der Waals surface area contributed by atoms with Crippen LogP contribution in [0, 0.1) is 10.1 Å². The van der Waals surface area contributed by atoms with Gasteiger partial charge in [0.2, 0.25) is 0 Å². The van der Waals surface area contributed by atoms with E-state index >= 15 is 0 Å². The Kier molecular flexibility index (Phi) is 3.18. The summed E-state index contributed by atoms with van der Waals surface area (Å²) in [4.78, 5) is 10.7. The van der Waals surface area contributed by atoms with Crippen molar-refractivity contribution in [1.82, 2.24) is 0 Å². The molecule has 1 saturated heterocycles. The summed E-state index contributed by atoms with van der Waals surface area (Å²) in [5.74, 6) is 0. The summed E-state index contributed by atoms with van der Waals surface area (Å²) < 4.78 is 16.6. The molecule has 0 unspecified atom stereocenters. The lowest BCUT2D eigenvalue weighted by Gasteiger charge is -2.37. The number of rotatable bonds is 2. The predicted molar refractivity (Wildman–Crippen MR) is 64.8 cm³/mol. The van der Waals surface area contributed by atoms with Crippen molar-refractivity contribution in [2.45, 2.75) is 24.5 Å². The molecule has 2 heterocycles. The van der Waals surface area contributed by atoms with Crippen LogP contribution in [-0.4, -0.2) is 29.8 Å². The van der Waals surface area contributed by atoms with Crippen LogP contribution in [0.3, 0.4) is 0 Å². The molecular formula is C13H13NO5. The molecule has 0 radical (unpaired) electrons. The lowest BCUT2D eigenvalue weighted by atomic mass is 10.0. The third-order valence-electron chi connectivity index (χ3n) is 3.24. The highest BCUT2D eigenvalue weighted by atomic mass is 16.7. The van der Waals surface area contributed by atoms with Gasteiger partial charge in [-0.15, -0.1) is 0 Å². The first-order valence-electron chi connectivity index (χ1n) is 6.03. The smallest absolute Gasteiger partial charge is 0.264 e. The summed E-state index contributed by atoms with van der Waals surface area (Å²) in [5.41, 5.74) is 0.845. The van der Waals surface area contributed by atoms with Crippen LogP contribution in [-0.2, 0) is 14.2 Å². The fourth-order valence-electron chi connectivity index (χ4n) is 2.28. The van der Waals surface area contributed by atoms with Crippen molar-refractivity contribution >= 4 is 0 Å². The first-order valence-corrected chi connectivity index (χ1v) is 6.03. The highest BCUT2D eigenvalue weighted by Gasteiger charge is 2.45. The SMILES string of the molecule is O=[N+]([O-])[C@H]1C=CO[C@@H]2CO[C@@H](c3ccccc3)O[C@H]21. The molecule has 1 fully saturated rings. The fraction of sp³-hybridized carbons (Fsp3) is 0.385. The average molecular weight is 263 g/mol. The molecule has 6 heteroatoms. The Morgan fingerprint density at radius 3 is 2.79 bits per heavy atom. The van der Waals surface area contributed by atoms with Crippen LogP contribution in [0.5, 0.6) is 0 Å². The minimum absolute atomic E-state index is 0.277. The molecule has 2 aliphatic heterocycles. The molecule has 100 valence electrons. The number of nitro groups is 1. The van der Waals surface area contributed by atoms with Crippen LogP contribution in [0.2, 0.25) is 0 Å². The number of hydrogen-bond acceptors (Lipinski definition) is 5. The Morgan fingerprint density at radius 2 is 2.05 bits per heavy atom. The molecule has 1 aromatic carbocycles. The van der Waals surface area contributed by atoms with Crippen molar-refractivity contribution in [1.29, 1.82) is 0 Å². The Bertz CT molecular complexity index is 489. The van der Waals surface area contributed by atoms with E-state index in [0.29, 0.717) is 0 Å². The lowest BCUT2D eigenvalue weighted by Crippen LogP contribution is -2.51. The Morgan fingerprint density at radius 1 is 1.26 bits per heavy atom. The van der Waals surface area contributed by atoms with E-state index in [9.17, 15) is 10.1 Å². The summed E-state index contributed by atoms with van der Waals surface area (Å²) in [5, 5.41) is 11.0. The van der Waals surface area contributed by atoms with Crippen LogP contribution < -0.4 is 0 Å². The summed E-state index contributed by atoms with van der Waals surface area (Å²) in [6.07, 6.45) is 1.12. The molecule has 0 bridgehead atoms. The van der Waals surface area contributed by atoms with E-state index in [2.05, 4.69) is 0 Å². The fourth-order valence-corrected chi connectivity index (χ4v) is 2.28. The van der Waals surface area contributed by atoms with Crippen molar-refractivity contribution in [2.75, 3.05) is 6.61 Å². The van der Waals surface area contributed by atoms with Crippen LogP contribution in [0.25, 0.3) is 0 Å². The number of benzene rings is 1. The van der Waals surface area contributed by atoms with E-state index in [0.717, 1.165) is 5.56 Å². The summed E-state index contributed by atoms with van der Waals surface area (Å²) in [7, 11) is 0. The van der Waals surface area contributed by atoms with E-state index in [-0.39, 0.29) is 11.5 Å². The van der Waals surface area contributed by atoms with Gasteiger partial charge in [0, 0.05) is 16.6 Å². The third kappa shape index (κ3) is 2.32. The van der Waals surface area contributed by atoms with Crippen LogP contribution in [0.15, 0.2) is 42.7 Å². The van der Waals surface area contributed by atoms with Gasteiger partial charge < -0.3 is 14.2 Å². The number of ether oxygens (including phenoxy) is 3. The molecular weight excluding hydrogens is 250 g/mol. The zero-order valence-corrected chi connectivity index (χ0v) is 10.0.